The summed E-state index contributed by atoms with van der Waals surface area (Å²) in [5, 5.41) is 0. The molecule has 0 amide bonds. The fourth-order valence-electron chi connectivity index (χ4n) is 0. The molecule has 0 aliphatic heterocycles. The molecule has 2 heteroatoms. The van der Waals surface area contributed by atoms with Crippen LogP contribution in [0.2, 0.25) is 0 Å². The molecule has 0 atom stereocenters. The summed E-state index contributed by atoms with van der Waals surface area (Å²) in [7, 11) is 0. The van der Waals surface area contributed by atoms with Gasteiger partial charge in [-0.25, -0.2) is 0 Å². The van der Waals surface area contributed by atoms with Crippen molar-refractivity contribution in [1.82, 2.24) is 0 Å². The third kappa shape index (κ3) is 33.3. The smallest absolute Gasteiger partial charge is 2.00 e. The van der Waals surface area contributed by atoms with Crippen molar-refractivity contribution in [3.63, 3.8) is 0 Å². The number of hydrogen-bond acceptors (Lipinski definition) is 0. The van der Waals surface area contributed by atoms with Crippen molar-refractivity contribution >= 4 is 0 Å². The van der Waals surface area contributed by atoms with Crippen LogP contribution in [0.15, 0.2) is 0 Å². The Kier molecular flexibility index (Phi) is 59.6. The average molecular weight is 199 g/mol. The fraction of sp³-hybridized carbons (Fsp3) is 0.667. The van der Waals surface area contributed by atoms with Crippen LogP contribution in [0.4, 0.5) is 0 Å². The van der Waals surface area contributed by atoms with Gasteiger partial charge in [-0.3, -0.25) is 0 Å². The van der Waals surface area contributed by atoms with Crippen LogP contribution in [-0.4, -0.2) is 0 Å². The topological polar surface area (TPSA) is 28.5 Å². The van der Waals surface area contributed by atoms with Crippen molar-refractivity contribution in [3.05, 3.63) is 6.42 Å². The molecule has 5 heavy (non-hydrogen) atoms. The minimum Gasteiger partial charge on any atom is -2.00 e. The van der Waals surface area contributed by atoms with Crippen LogP contribution in [0.1, 0.15) is 13.8 Å². The van der Waals surface area contributed by atoms with E-state index in [-0.39, 0.29) is 47.2 Å². The van der Waals surface area contributed by atoms with Gasteiger partial charge in [-0.15, -0.1) is 0 Å². The van der Waals surface area contributed by atoms with Crippen LogP contribution < -0.4 is 0 Å². The van der Waals surface area contributed by atoms with E-state index in [2.05, 4.69) is 0 Å². The Hall–Kier alpha value is 1.34. The van der Waals surface area contributed by atoms with E-state index in [1.165, 1.54) is 0 Å². The summed E-state index contributed by atoms with van der Waals surface area (Å²) in [5.74, 6) is 0. The molecule has 0 heterocycles. The van der Waals surface area contributed by atoms with Gasteiger partial charge in [-0.05, 0) is 0 Å². The zero-order valence-electron chi connectivity index (χ0n) is 3.49. The van der Waals surface area contributed by atoms with Gasteiger partial charge in [0.2, 0.25) is 0 Å². The summed E-state index contributed by atoms with van der Waals surface area (Å²) in [5.41, 5.74) is 0. The summed E-state index contributed by atoms with van der Waals surface area (Å²) in [6, 6.07) is 0. The maximum absolute atomic E-state index is 2.00. The molecule has 0 saturated carbocycles. The first kappa shape index (κ1) is 16.2. The van der Waals surface area contributed by atoms with Gasteiger partial charge in [0.25, 0.3) is 0 Å². The van der Waals surface area contributed by atoms with Gasteiger partial charge in [0.1, 0.15) is 0 Å². The van der Waals surface area contributed by atoms with E-state index in [1.54, 1.807) is 0 Å². The standard InChI is InChI=1S/C3H7.Ce.O/c1-3-2;;/h3H,1-2H3;;/q-1;+3;-2. The van der Waals surface area contributed by atoms with Crippen molar-refractivity contribution in [2.75, 3.05) is 0 Å². The molecule has 0 fully saturated rings. The van der Waals surface area contributed by atoms with Crippen LogP contribution in [-0.2, 0) is 5.48 Å². The molecule has 0 rings (SSSR count). The SMILES string of the molecule is C[CH-]C.[Ce+3].[O-2]. The Bertz CT molecular complexity index is 6.85. The van der Waals surface area contributed by atoms with Crippen LogP contribution >= 0.6 is 0 Å². The molecular formula is C3H7CeO. The molecule has 1 nitrogen and oxygen atoms in total. The first-order valence-electron chi connectivity index (χ1n) is 1.15. The van der Waals surface area contributed by atoms with Crippen LogP contribution in [0.25, 0.3) is 0 Å². The van der Waals surface area contributed by atoms with Crippen molar-refractivity contribution in [2.24, 2.45) is 0 Å². The molecule has 0 saturated heterocycles. The fourth-order valence-corrected chi connectivity index (χ4v) is 0. The third-order valence-corrected chi connectivity index (χ3v) is 0. The molecule has 0 aliphatic rings. The first-order chi connectivity index (χ1) is 1.41. The second-order valence-corrected chi connectivity index (χ2v) is 0.577. The largest absolute Gasteiger partial charge is 3.00 e. The minimum absolute atomic E-state index is 0. The molecule has 0 aliphatic carbocycles. The van der Waals surface area contributed by atoms with Crippen LogP contribution in [0.3, 0.4) is 0 Å². The van der Waals surface area contributed by atoms with E-state index in [1.807, 2.05) is 20.3 Å². The zero-order chi connectivity index (χ0) is 2.71. The average Bonchev–Trinajstić information content (AvgIpc) is 0.918. The van der Waals surface area contributed by atoms with Gasteiger partial charge in [0, 0.05) is 0 Å². The summed E-state index contributed by atoms with van der Waals surface area (Å²) in [6.07, 6.45) is 2.00. The predicted molar refractivity (Wildman–Crippen MR) is 16.3 cm³/mol. The molecule has 0 aromatic rings. The van der Waals surface area contributed by atoms with E-state index in [0.717, 1.165) is 0 Å². The maximum Gasteiger partial charge on any atom is 3.00 e. The monoisotopic (exact) mass is 199 g/mol. The van der Waals surface area contributed by atoms with Crippen molar-refractivity contribution in [2.45, 2.75) is 13.8 Å². The van der Waals surface area contributed by atoms with E-state index < -0.39 is 0 Å². The van der Waals surface area contributed by atoms with Crippen molar-refractivity contribution in [3.8, 4) is 0 Å². The Morgan fingerprint density at radius 3 is 1.20 bits per heavy atom. The molecule has 29 valence electrons. The van der Waals surface area contributed by atoms with E-state index in [4.69, 9.17) is 0 Å². The second-order valence-electron chi connectivity index (χ2n) is 0.577. The predicted octanol–water partition coefficient (Wildman–Crippen LogP) is 1.11. The first-order valence-corrected chi connectivity index (χ1v) is 1.15. The Morgan fingerprint density at radius 2 is 1.20 bits per heavy atom. The van der Waals surface area contributed by atoms with Gasteiger partial charge < -0.3 is 11.9 Å². The number of hydrogen-bond donors (Lipinski definition) is 0. The molecule has 0 N–H and O–H groups in total. The molecule has 0 spiro atoms. The summed E-state index contributed by atoms with van der Waals surface area (Å²) < 4.78 is 0. The van der Waals surface area contributed by atoms with Gasteiger partial charge in [-0.2, -0.15) is 13.8 Å². The van der Waals surface area contributed by atoms with Gasteiger partial charge in [0.05, 0.1) is 0 Å². The van der Waals surface area contributed by atoms with Gasteiger partial charge >= 0.3 is 41.7 Å². The Labute approximate surface area is 66.8 Å². The summed E-state index contributed by atoms with van der Waals surface area (Å²) >= 11 is 0. The van der Waals surface area contributed by atoms with Gasteiger partial charge in [0.15, 0.2) is 0 Å². The second kappa shape index (κ2) is 18.4. The quantitative estimate of drug-likeness (QED) is 0.523. The summed E-state index contributed by atoms with van der Waals surface area (Å²) in [6.45, 7) is 4.00. The van der Waals surface area contributed by atoms with Crippen molar-refractivity contribution in [1.29, 1.82) is 0 Å². The third-order valence-electron chi connectivity index (χ3n) is 0. The van der Waals surface area contributed by atoms with E-state index in [9.17, 15) is 0 Å². The number of rotatable bonds is 0. The maximum atomic E-state index is 2.00. The van der Waals surface area contributed by atoms with E-state index >= 15 is 0 Å². The summed E-state index contributed by atoms with van der Waals surface area (Å²) in [4.78, 5) is 0. The van der Waals surface area contributed by atoms with Crippen LogP contribution in [0.5, 0.6) is 0 Å². The molecule has 0 bridgehead atoms. The zero-order valence-corrected chi connectivity index (χ0v) is 6.63. The normalized spacial score (nSPS) is 3.60. The van der Waals surface area contributed by atoms with E-state index in [0.29, 0.717) is 0 Å². The molecule has 0 aromatic heterocycles. The van der Waals surface area contributed by atoms with Gasteiger partial charge in [-0.1, -0.05) is 0 Å². The minimum atomic E-state index is 0. The molecule has 0 unspecified atom stereocenters. The van der Waals surface area contributed by atoms with Crippen molar-refractivity contribution < 1.29 is 47.2 Å². The molecule has 0 aromatic carbocycles. The Balaban J connectivity index is -0.0000000200. The molecule has 1 radical (unpaired) electrons. The van der Waals surface area contributed by atoms with Crippen LogP contribution in [0, 0.1) is 48.2 Å². The molecular weight excluding hydrogens is 192 g/mol. The Morgan fingerprint density at radius 1 is 1.20 bits per heavy atom.